The number of nitro groups is 1. The number of rotatable bonds is 3. The molecule has 0 spiro atoms. The summed E-state index contributed by atoms with van der Waals surface area (Å²) in [7, 11) is 0. The highest BCUT2D eigenvalue weighted by Crippen LogP contribution is 2.10. The molecule has 1 rings (SSSR count). The van der Waals surface area contributed by atoms with Crippen molar-refractivity contribution in [3.8, 4) is 0 Å². The number of aryl methyl sites for hydroxylation is 1. The number of hydrogen-bond donors (Lipinski definition) is 0. The van der Waals surface area contributed by atoms with Gasteiger partial charge in [-0.15, -0.1) is 0 Å². The minimum Gasteiger partial charge on any atom is -0.265 e. The highest BCUT2D eigenvalue weighted by Gasteiger charge is 2.04. The standard InChI is InChI=1S/C9H10FNO2/c1-7-2-3-9(10)6-8(7)4-5-11(12)13/h2-3,6H,4-5H2,1H3. The van der Waals surface area contributed by atoms with Crippen LogP contribution in [-0.4, -0.2) is 11.5 Å². The van der Waals surface area contributed by atoms with E-state index in [0.29, 0.717) is 5.56 Å². The third-order valence-electron chi connectivity index (χ3n) is 1.87. The first-order chi connectivity index (χ1) is 6.09. The lowest BCUT2D eigenvalue weighted by Crippen LogP contribution is -2.05. The summed E-state index contributed by atoms with van der Waals surface area (Å²) in [4.78, 5) is 9.68. The number of halogens is 1. The summed E-state index contributed by atoms with van der Waals surface area (Å²) in [5.41, 5.74) is 1.60. The number of nitrogens with zero attached hydrogens (tertiary/aromatic N) is 1. The summed E-state index contributed by atoms with van der Waals surface area (Å²) in [5.74, 6) is -0.344. The molecule has 13 heavy (non-hydrogen) atoms. The van der Waals surface area contributed by atoms with Gasteiger partial charge >= 0.3 is 0 Å². The molecule has 0 atom stereocenters. The van der Waals surface area contributed by atoms with Crippen LogP contribution in [0.5, 0.6) is 0 Å². The van der Waals surface area contributed by atoms with Crippen molar-refractivity contribution in [2.75, 3.05) is 6.54 Å². The largest absolute Gasteiger partial charge is 0.265 e. The molecule has 0 aromatic heterocycles. The van der Waals surface area contributed by atoms with Crippen LogP contribution in [0.15, 0.2) is 18.2 Å². The molecule has 1 aromatic rings. The van der Waals surface area contributed by atoms with Crippen LogP contribution in [0, 0.1) is 22.9 Å². The van der Waals surface area contributed by atoms with Gasteiger partial charge in [0.2, 0.25) is 6.54 Å². The maximum absolute atomic E-state index is 12.7. The fraction of sp³-hybridized carbons (Fsp3) is 0.333. The van der Waals surface area contributed by atoms with Gasteiger partial charge in [-0.3, -0.25) is 10.1 Å². The van der Waals surface area contributed by atoms with Crippen molar-refractivity contribution < 1.29 is 9.31 Å². The minimum absolute atomic E-state index is 0.149. The molecular formula is C9H10FNO2. The SMILES string of the molecule is Cc1ccc(F)cc1CC[N+](=O)[O-]. The molecule has 0 heterocycles. The van der Waals surface area contributed by atoms with Crippen LogP contribution >= 0.6 is 0 Å². The van der Waals surface area contributed by atoms with Crippen LogP contribution in [0.25, 0.3) is 0 Å². The third kappa shape index (κ3) is 2.82. The third-order valence-corrected chi connectivity index (χ3v) is 1.87. The second kappa shape index (κ2) is 3.98. The Bertz CT molecular complexity index is 325. The Hall–Kier alpha value is -1.45. The van der Waals surface area contributed by atoms with Crippen molar-refractivity contribution in [2.24, 2.45) is 0 Å². The predicted molar refractivity (Wildman–Crippen MR) is 46.7 cm³/mol. The number of hydrogen-bond acceptors (Lipinski definition) is 2. The van der Waals surface area contributed by atoms with E-state index in [2.05, 4.69) is 0 Å². The van der Waals surface area contributed by atoms with Crippen LogP contribution < -0.4 is 0 Å². The van der Waals surface area contributed by atoms with Gasteiger partial charge in [-0.05, 0) is 30.2 Å². The molecule has 0 aliphatic rings. The van der Waals surface area contributed by atoms with Crippen LogP contribution in [0.3, 0.4) is 0 Å². The van der Waals surface area contributed by atoms with Crippen molar-refractivity contribution in [1.82, 2.24) is 0 Å². The van der Waals surface area contributed by atoms with Crippen LogP contribution in [0.2, 0.25) is 0 Å². The zero-order valence-corrected chi connectivity index (χ0v) is 7.29. The van der Waals surface area contributed by atoms with Gasteiger partial charge in [-0.1, -0.05) is 6.07 Å². The van der Waals surface area contributed by atoms with Gasteiger partial charge in [0.25, 0.3) is 0 Å². The second-order valence-electron chi connectivity index (χ2n) is 2.88. The molecule has 70 valence electrons. The summed E-state index contributed by atoms with van der Waals surface area (Å²) in [5, 5.41) is 10.1. The lowest BCUT2D eigenvalue weighted by Gasteiger charge is -2.02. The molecule has 0 fully saturated rings. The van der Waals surface area contributed by atoms with E-state index in [9.17, 15) is 14.5 Å². The zero-order valence-electron chi connectivity index (χ0n) is 7.29. The molecule has 0 unspecified atom stereocenters. The van der Waals surface area contributed by atoms with Gasteiger partial charge in [0.1, 0.15) is 5.82 Å². The van der Waals surface area contributed by atoms with Crippen molar-refractivity contribution in [3.63, 3.8) is 0 Å². The molecule has 0 radical (unpaired) electrons. The first kappa shape index (κ1) is 9.64. The van der Waals surface area contributed by atoms with Crippen molar-refractivity contribution in [2.45, 2.75) is 13.3 Å². The molecule has 3 nitrogen and oxygen atoms in total. The second-order valence-corrected chi connectivity index (χ2v) is 2.88. The Morgan fingerprint density at radius 3 is 2.85 bits per heavy atom. The molecule has 4 heteroatoms. The Balaban J connectivity index is 2.75. The Kier molecular flexibility index (Phi) is 2.95. The van der Waals surface area contributed by atoms with E-state index in [1.54, 1.807) is 6.07 Å². The lowest BCUT2D eigenvalue weighted by atomic mass is 10.1. The van der Waals surface area contributed by atoms with Gasteiger partial charge in [0, 0.05) is 11.3 Å². The number of benzene rings is 1. The molecular weight excluding hydrogens is 173 g/mol. The molecule has 0 bridgehead atoms. The predicted octanol–water partition coefficient (Wildman–Crippen LogP) is 1.95. The van der Waals surface area contributed by atoms with Crippen LogP contribution in [0.4, 0.5) is 4.39 Å². The van der Waals surface area contributed by atoms with E-state index in [1.807, 2.05) is 6.92 Å². The average Bonchev–Trinajstić information content (AvgIpc) is 2.06. The summed E-state index contributed by atoms with van der Waals surface area (Å²) >= 11 is 0. The Morgan fingerprint density at radius 2 is 2.23 bits per heavy atom. The van der Waals surface area contributed by atoms with E-state index < -0.39 is 4.92 Å². The van der Waals surface area contributed by atoms with Crippen LogP contribution in [-0.2, 0) is 6.42 Å². The highest BCUT2D eigenvalue weighted by molar-refractivity contribution is 5.26. The summed E-state index contributed by atoms with van der Waals surface area (Å²) in [6, 6.07) is 4.33. The van der Waals surface area contributed by atoms with Gasteiger partial charge < -0.3 is 0 Å². The highest BCUT2D eigenvalue weighted by atomic mass is 19.1. The quantitative estimate of drug-likeness (QED) is 0.531. The Labute approximate surface area is 75.3 Å². The van der Waals surface area contributed by atoms with Crippen LogP contribution in [0.1, 0.15) is 11.1 Å². The lowest BCUT2D eigenvalue weighted by molar-refractivity contribution is -0.479. The van der Waals surface area contributed by atoms with E-state index in [0.717, 1.165) is 5.56 Å². The fourth-order valence-electron chi connectivity index (χ4n) is 1.12. The van der Waals surface area contributed by atoms with Gasteiger partial charge in [-0.2, -0.15) is 0 Å². The monoisotopic (exact) mass is 183 g/mol. The normalized spacial score (nSPS) is 10.0. The van der Waals surface area contributed by atoms with Gasteiger partial charge in [-0.25, -0.2) is 4.39 Å². The van der Waals surface area contributed by atoms with E-state index in [4.69, 9.17) is 0 Å². The van der Waals surface area contributed by atoms with Gasteiger partial charge in [0.05, 0.1) is 0 Å². The van der Waals surface area contributed by atoms with E-state index in [1.165, 1.54) is 12.1 Å². The minimum atomic E-state index is -0.398. The molecule has 0 amide bonds. The average molecular weight is 183 g/mol. The van der Waals surface area contributed by atoms with Crippen molar-refractivity contribution >= 4 is 0 Å². The van der Waals surface area contributed by atoms with Gasteiger partial charge in [0.15, 0.2) is 0 Å². The summed E-state index contributed by atoms with van der Waals surface area (Å²) in [6.07, 6.45) is 0.288. The first-order valence-corrected chi connectivity index (χ1v) is 3.96. The van der Waals surface area contributed by atoms with Crippen molar-refractivity contribution in [1.29, 1.82) is 0 Å². The molecule has 0 saturated heterocycles. The van der Waals surface area contributed by atoms with E-state index in [-0.39, 0.29) is 18.8 Å². The molecule has 0 aliphatic carbocycles. The first-order valence-electron chi connectivity index (χ1n) is 3.96. The zero-order chi connectivity index (χ0) is 9.84. The van der Waals surface area contributed by atoms with Crippen molar-refractivity contribution in [3.05, 3.63) is 45.3 Å². The maximum atomic E-state index is 12.7. The van der Waals surface area contributed by atoms with E-state index >= 15 is 0 Å². The molecule has 0 N–H and O–H groups in total. The fourth-order valence-corrected chi connectivity index (χ4v) is 1.12. The molecule has 0 saturated carbocycles. The topological polar surface area (TPSA) is 43.1 Å². The maximum Gasteiger partial charge on any atom is 0.207 e. The Morgan fingerprint density at radius 1 is 1.54 bits per heavy atom. The molecule has 1 aromatic carbocycles. The molecule has 0 aliphatic heterocycles. The summed E-state index contributed by atoms with van der Waals surface area (Å²) < 4.78 is 12.7. The smallest absolute Gasteiger partial charge is 0.207 e. The summed E-state index contributed by atoms with van der Waals surface area (Å²) in [6.45, 7) is 1.67.